The van der Waals surface area contributed by atoms with Gasteiger partial charge in [-0.1, -0.05) is 34.4 Å². The van der Waals surface area contributed by atoms with E-state index in [0.29, 0.717) is 35.1 Å². The van der Waals surface area contributed by atoms with Gasteiger partial charge in [0.2, 0.25) is 0 Å². The molecule has 0 spiro atoms. The number of benzene rings is 1. The number of nitrogens with one attached hydrogen (secondary N) is 1. The Hall–Kier alpha value is -1.46. The Kier molecular flexibility index (Phi) is 6.45. The van der Waals surface area contributed by atoms with Gasteiger partial charge in [-0.05, 0) is 30.6 Å². The van der Waals surface area contributed by atoms with Crippen molar-refractivity contribution >= 4 is 29.2 Å². The molecule has 0 aliphatic heterocycles. The van der Waals surface area contributed by atoms with Gasteiger partial charge < -0.3 is 10.4 Å². The summed E-state index contributed by atoms with van der Waals surface area (Å²) in [7, 11) is 0. The van der Waals surface area contributed by atoms with E-state index in [1.165, 1.54) is 0 Å². The van der Waals surface area contributed by atoms with Crippen molar-refractivity contribution in [1.29, 1.82) is 0 Å². The van der Waals surface area contributed by atoms with Gasteiger partial charge in [0.15, 0.2) is 0 Å². The fourth-order valence-electron chi connectivity index (χ4n) is 1.54. The zero-order valence-electron chi connectivity index (χ0n) is 9.88. The Bertz CT molecular complexity index is 483. The number of rotatable bonds is 7. The SMILES string of the molecule is [N-]=[N+]=NCCCNC(C(=O)O)c1c(Cl)cccc1Cl. The number of halogens is 2. The van der Waals surface area contributed by atoms with Gasteiger partial charge in [0.1, 0.15) is 6.04 Å². The maximum atomic E-state index is 11.3. The number of nitrogens with zero attached hydrogens (tertiary/aromatic N) is 3. The minimum atomic E-state index is -1.07. The van der Waals surface area contributed by atoms with Gasteiger partial charge in [0, 0.05) is 27.1 Å². The third-order valence-corrected chi connectivity index (χ3v) is 3.04. The van der Waals surface area contributed by atoms with Gasteiger partial charge in [-0.15, -0.1) is 0 Å². The van der Waals surface area contributed by atoms with Crippen molar-refractivity contribution in [3.05, 3.63) is 44.3 Å². The van der Waals surface area contributed by atoms with Gasteiger partial charge in [-0.2, -0.15) is 0 Å². The first-order valence-corrected chi connectivity index (χ1v) is 6.24. The fourth-order valence-corrected chi connectivity index (χ4v) is 2.16. The van der Waals surface area contributed by atoms with E-state index in [1.807, 2.05) is 0 Å². The Balaban J connectivity index is 2.78. The third kappa shape index (κ3) is 4.61. The molecular formula is C11H12Cl2N4O2. The lowest BCUT2D eigenvalue weighted by Gasteiger charge is -2.17. The molecule has 1 atom stereocenters. The number of carboxylic acid groups (broad SMARTS) is 1. The van der Waals surface area contributed by atoms with Crippen LogP contribution in [0.25, 0.3) is 10.4 Å². The van der Waals surface area contributed by atoms with E-state index in [-0.39, 0.29) is 0 Å². The van der Waals surface area contributed by atoms with Gasteiger partial charge in [0.05, 0.1) is 0 Å². The average Bonchev–Trinajstić information content (AvgIpc) is 2.35. The van der Waals surface area contributed by atoms with Crippen molar-refractivity contribution in [3.8, 4) is 0 Å². The summed E-state index contributed by atoms with van der Waals surface area (Å²) in [6.45, 7) is 0.670. The van der Waals surface area contributed by atoms with E-state index in [9.17, 15) is 9.90 Å². The van der Waals surface area contributed by atoms with Crippen molar-refractivity contribution < 1.29 is 9.90 Å². The summed E-state index contributed by atoms with van der Waals surface area (Å²) in [5, 5.41) is 16.0. The van der Waals surface area contributed by atoms with E-state index >= 15 is 0 Å². The van der Waals surface area contributed by atoms with Crippen molar-refractivity contribution in [1.82, 2.24) is 5.32 Å². The van der Waals surface area contributed by atoms with Crippen molar-refractivity contribution in [3.63, 3.8) is 0 Å². The minimum absolute atomic E-state index is 0.294. The fraction of sp³-hybridized carbons (Fsp3) is 0.364. The van der Waals surface area contributed by atoms with E-state index < -0.39 is 12.0 Å². The Morgan fingerprint density at radius 1 is 1.47 bits per heavy atom. The monoisotopic (exact) mass is 302 g/mol. The number of carboxylic acids is 1. The standard InChI is InChI=1S/C11H12Cl2N4O2/c12-7-3-1-4-8(13)9(7)10(11(18)19)15-5-2-6-16-17-14/h1,3-4,10,15H,2,5-6H2,(H,18,19). The summed E-state index contributed by atoms with van der Waals surface area (Å²) in [5.41, 5.74) is 8.46. The molecule has 0 radical (unpaired) electrons. The predicted octanol–water partition coefficient (Wildman–Crippen LogP) is 3.41. The molecular weight excluding hydrogens is 291 g/mol. The second-order valence-corrected chi connectivity index (χ2v) is 4.48. The number of aliphatic carboxylic acids is 1. The van der Waals surface area contributed by atoms with E-state index in [1.54, 1.807) is 18.2 Å². The predicted molar refractivity (Wildman–Crippen MR) is 73.5 cm³/mol. The van der Waals surface area contributed by atoms with Gasteiger partial charge >= 0.3 is 5.97 Å². The summed E-state index contributed by atoms with van der Waals surface area (Å²) >= 11 is 12.0. The molecule has 0 aromatic heterocycles. The molecule has 1 aromatic carbocycles. The number of azide groups is 1. The number of hydrogen-bond donors (Lipinski definition) is 2. The Morgan fingerprint density at radius 2 is 2.11 bits per heavy atom. The number of carbonyl (C=O) groups is 1. The molecule has 0 aliphatic rings. The first-order valence-electron chi connectivity index (χ1n) is 5.49. The van der Waals surface area contributed by atoms with Crippen LogP contribution in [0.3, 0.4) is 0 Å². The molecule has 0 fully saturated rings. The lowest BCUT2D eigenvalue weighted by atomic mass is 10.1. The highest BCUT2D eigenvalue weighted by Gasteiger charge is 2.23. The Labute approximate surface area is 120 Å². The molecule has 0 aliphatic carbocycles. The zero-order valence-corrected chi connectivity index (χ0v) is 11.4. The largest absolute Gasteiger partial charge is 0.480 e. The minimum Gasteiger partial charge on any atom is -0.480 e. The summed E-state index contributed by atoms with van der Waals surface area (Å²) in [4.78, 5) is 13.9. The molecule has 0 heterocycles. The van der Waals surface area contributed by atoms with Crippen LogP contribution in [0.1, 0.15) is 18.0 Å². The topological polar surface area (TPSA) is 98.1 Å². The zero-order chi connectivity index (χ0) is 14.3. The second kappa shape index (κ2) is 7.86. The lowest BCUT2D eigenvalue weighted by molar-refractivity contribution is -0.139. The highest BCUT2D eigenvalue weighted by atomic mass is 35.5. The molecule has 0 saturated heterocycles. The molecule has 2 N–H and O–H groups in total. The van der Waals surface area contributed by atoms with E-state index in [0.717, 1.165) is 0 Å². The van der Waals surface area contributed by atoms with Crippen molar-refractivity contribution in [2.24, 2.45) is 5.11 Å². The average molecular weight is 303 g/mol. The molecule has 6 nitrogen and oxygen atoms in total. The van der Waals surface area contributed by atoms with Gasteiger partial charge in [-0.25, -0.2) is 0 Å². The number of hydrogen-bond acceptors (Lipinski definition) is 3. The van der Waals surface area contributed by atoms with E-state index in [4.69, 9.17) is 28.7 Å². The van der Waals surface area contributed by atoms with Gasteiger partial charge in [-0.3, -0.25) is 4.79 Å². The molecule has 0 saturated carbocycles. The van der Waals surface area contributed by atoms with Crippen LogP contribution in [0.2, 0.25) is 10.0 Å². The molecule has 19 heavy (non-hydrogen) atoms. The lowest BCUT2D eigenvalue weighted by Crippen LogP contribution is -2.30. The van der Waals surface area contributed by atoms with Crippen molar-refractivity contribution in [2.45, 2.75) is 12.5 Å². The molecule has 8 heteroatoms. The molecule has 1 unspecified atom stereocenters. The van der Waals surface area contributed by atoms with Crippen molar-refractivity contribution in [2.75, 3.05) is 13.1 Å². The molecule has 0 amide bonds. The van der Waals surface area contributed by atoms with Crippen LogP contribution < -0.4 is 5.32 Å². The summed E-state index contributed by atoms with van der Waals surface area (Å²) in [5.74, 6) is -1.07. The van der Waals surface area contributed by atoms with Crippen LogP contribution in [0.5, 0.6) is 0 Å². The van der Waals surface area contributed by atoms with Crippen LogP contribution in [0.4, 0.5) is 0 Å². The molecule has 102 valence electrons. The second-order valence-electron chi connectivity index (χ2n) is 3.67. The summed E-state index contributed by atoms with van der Waals surface area (Å²) < 4.78 is 0. The third-order valence-electron chi connectivity index (χ3n) is 2.38. The first-order chi connectivity index (χ1) is 9.07. The highest BCUT2D eigenvalue weighted by molar-refractivity contribution is 6.36. The first kappa shape index (κ1) is 15.6. The maximum absolute atomic E-state index is 11.3. The van der Waals surface area contributed by atoms with Crippen LogP contribution in [0.15, 0.2) is 23.3 Å². The van der Waals surface area contributed by atoms with Gasteiger partial charge in [0.25, 0.3) is 0 Å². The Morgan fingerprint density at radius 3 is 2.63 bits per heavy atom. The van der Waals surface area contributed by atoms with Crippen LogP contribution in [-0.2, 0) is 4.79 Å². The molecule has 1 aromatic rings. The smallest absolute Gasteiger partial charge is 0.325 e. The van der Waals surface area contributed by atoms with E-state index in [2.05, 4.69) is 15.3 Å². The molecule has 0 bridgehead atoms. The maximum Gasteiger partial charge on any atom is 0.325 e. The summed E-state index contributed by atoms with van der Waals surface area (Å²) in [6.07, 6.45) is 0.524. The summed E-state index contributed by atoms with van der Waals surface area (Å²) in [6, 6.07) is 3.82. The highest BCUT2D eigenvalue weighted by Crippen LogP contribution is 2.30. The molecule has 1 rings (SSSR count). The quantitative estimate of drug-likeness (QED) is 0.349. The van der Waals surface area contributed by atoms with Crippen LogP contribution >= 0.6 is 23.2 Å². The van der Waals surface area contributed by atoms with Crippen LogP contribution in [0, 0.1) is 0 Å². The van der Waals surface area contributed by atoms with Crippen LogP contribution in [-0.4, -0.2) is 24.2 Å². The normalized spacial score (nSPS) is 11.7.